The predicted octanol–water partition coefficient (Wildman–Crippen LogP) is 5.52. The van der Waals surface area contributed by atoms with E-state index in [1.165, 1.54) is 10.8 Å². The van der Waals surface area contributed by atoms with E-state index in [0.29, 0.717) is 17.1 Å². The highest BCUT2D eigenvalue weighted by atomic mass is 16.2. The maximum absolute atomic E-state index is 12.2. The number of benzene rings is 3. The number of aromatic amines is 1. The lowest BCUT2D eigenvalue weighted by molar-refractivity contribution is -0.117. The zero-order valence-electron chi connectivity index (χ0n) is 18.4. The lowest BCUT2D eigenvalue weighted by atomic mass is 10.0. The first-order chi connectivity index (χ1) is 15.9. The molecule has 3 aromatic carbocycles. The minimum Gasteiger partial charge on any atom is -0.355 e. The molecule has 0 radical (unpaired) electrons. The Balaban J connectivity index is 1.40. The number of hydrogen-bond donors (Lipinski definition) is 3. The highest BCUT2D eigenvalue weighted by Crippen LogP contribution is 2.30. The van der Waals surface area contributed by atoms with Gasteiger partial charge >= 0.3 is 0 Å². The minimum atomic E-state index is -0.217. The molecule has 1 aliphatic rings. The second kappa shape index (κ2) is 7.88. The van der Waals surface area contributed by atoms with Crippen LogP contribution in [-0.4, -0.2) is 17.9 Å². The predicted molar refractivity (Wildman–Crippen MR) is 137 cm³/mol. The van der Waals surface area contributed by atoms with Gasteiger partial charge in [0.2, 0.25) is 0 Å². The molecule has 2 heterocycles. The second-order valence-electron chi connectivity index (χ2n) is 8.12. The molecular formula is C28H24N4O. The summed E-state index contributed by atoms with van der Waals surface area (Å²) in [6.45, 7) is 12.0. The smallest absolute Gasteiger partial charge is 0.258 e. The summed E-state index contributed by atoms with van der Waals surface area (Å²) >= 11 is 0. The molecule has 162 valence electrons. The van der Waals surface area contributed by atoms with Crippen molar-refractivity contribution >= 4 is 45.2 Å². The average Bonchev–Trinajstić information content (AvgIpc) is 3.19. The van der Waals surface area contributed by atoms with Crippen molar-refractivity contribution in [2.24, 2.45) is 0 Å². The Morgan fingerprint density at radius 1 is 0.909 bits per heavy atom. The van der Waals surface area contributed by atoms with Crippen molar-refractivity contribution in [2.75, 3.05) is 11.9 Å². The molecule has 1 amide bonds. The Morgan fingerprint density at radius 3 is 2.39 bits per heavy atom. The van der Waals surface area contributed by atoms with Gasteiger partial charge in [0, 0.05) is 45.9 Å². The molecule has 33 heavy (non-hydrogen) atoms. The molecule has 4 aromatic rings. The number of nitrogens with zero attached hydrogens (tertiary/aromatic N) is 1. The minimum absolute atomic E-state index is 0.217. The molecule has 5 heteroatoms. The summed E-state index contributed by atoms with van der Waals surface area (Å²) in [7, 11) is 2.00. The fourth-order valence-electron chi connectivity index (χ4n) is 4.11. The largest absolute Gasteiger partial charge is 0.355 e. The third kappa shape index (κ3) is 3.70. The van der Waals surface area contributed by atoms with Crippen LogP contribution in [0.25, 0.3) is 33.6 Å². The van der Waals surface area contributed by atoms with Crippen LogP contribution in [0.3, 0.4) is 0 Å². The molecule has 0 saturated carbocycles. The fraction of sp³-hybridized carbons (Fsp3) is 0.0357. The third-order valence-electron chi connectivity index (χ3n) is 5.97. The van der Waals surface area contributed by atoms with Crippen LogP contribution < -0.4 is 15.5 Å². The molecule has 0 atom stereocenters. The molecule has 1 saturated heterocycles. The van der Waals surface area contributed by atoms with Crippen LogP contribution in [0.5, 0.6) is 0 Å². The van der Waals surface area contributed by atoms with Gasteiger partial charge in [-0.2, -0.15) is 0 Å². The molecular weight excluding hydrogens is 408 g/mol. The molecule has 0 unspecified atom stereocenters. The number of nitrogens with one attached hydrogen (secondary N) is 3. The van der Waals surface area contributed by atoms with E-state index in [1.807, 2.05) is 37.4 Å². The Morgan fingerprint density at radius 2 is 1.64 bits per heavy atom. The van der Waals surface area contributed by atoms with Gasteiger partial charge < -0.3 is 20.5 Å². The maximum Gasteiger partial charge on any atom is 0.258 e. The topological polar surface area (TPSA) is 60.2 Å². The first-order valence-electron chi connectivity index (χ1n) is 10.6. The molecule has 1 aliphatic heterocycles. The number of carbonyl (C=O) groups excluding carboxylic acids is 1. The van der Waals surface area contributed by atoms with E-state index in [9.17, 15) is 4.79 Å². The van der Waals surface area contributed by atoms with E-state index in [2.05, 4.69) is 76.7 Å². The quantitative estimate of drug-likeness (QED) is 0.372. The van der Waals surface area contributed by atoms with Crippen molar-refractivity contribution in [1.29, 1.82) is 0 Å². The summed E-state index contributed by atoms with van der Waals surface area (Å²) in [6.07, 6.45) is 1.81. The van der Waals surface area contributed by atoms with Crippen molar-refractivity contribution in [3.63, 3.8) is 0 Å². The van der Waals surface area contributed by atoms with Gasteiger partial charge in [-0.05, 0) is 47.5 Å². The normalized spacial score (nSPS) is 15.1. The zero-order chi connectivity index (χ0) is 23.1. The van der Waals surface area contributed by atoms with E-state index in [4.69, 9.17) is 0 Å². The number of carbonyl (C=O) groups is 1. The highest BCUT2D eigenvalue weighted by molar-refractivity contribution is 6.08. The van der Waals surface area contributed by atoms with Crippen LogP contribution in [0, 0.1) is 0 Å². The van der Waals surface area contributed by atoms with E-state index >= 15 is 0 Å². The molecule has 3 N–H and O–H groups in total. The lowest BCUT2D eigenvalue weighted by Gasteiger charge is -2.23. The molecule has 5 rings (SSSR count). The summed E-state index contributed by atoms with van der Waals surface area (Å²) in [5, 5.41) is 8.01. The van der Waals surface area contributed by atoms with E-state index < -0.39 is 0 Å². The number of anilines is 1. The summed E-state index contributed by atoms with van der Waals surface area (Å²) in [5.74, 6) is 0.217. The van der Waals surface area contributed by atoms with Gasteiger partial charge in [-0.25, -0.2) is 0 Å². The van der Waals surface area contributed by atoms with Crippen LogP contribution in [-0.2, 0) is 4.79 Å². The van der Waals surface area contributed by atoms with Crippen LogP contribution in [0.1, 0.15) is 11.1 Å². The number of fused-ring (bicyclic) bond motifs is 3. The van der Waals surface area contributed by atoms with Gasteiger partial charge in [0.25, 0.3) is 5.91 Å². The third-order valence-corrected chi connectivity index (χ3v) is 5.97. The molecule has 0 aliphatic carbocycles. The van der Waals surface area contributed by atoms with Gasteiger partial charge in [-0.3, -0.25) is 4.79 Å². The average molecular weight is 433 g/mol. The number of H-pyrrole nitrogens is 1. The summed E-state index contributed by atoms with van der Waals surface area (Å²) < 4.78 is 0. The monoisotopic (exact) mass is 432 g/mol. The Labute approximate surface area is 192 Å². The van der Waals surface area contributed by atoms with Crippen LogP contribution in [0.4, 0.5) is 5.69 Å². The van der Waals surface area contributed by atoms with Gasteiger partial charge in [0.15, 0.2) is 0 Å². The van der Waals surface area contributed by atoms with Crippen LogP contribution in [0.2, 0.25) is 0 Å². The van der Waals surface area contributed by atoms with Crippen molar-refractivity contribution in [1.82, 2.24) is 15.6 Å². The zero-order valence-corrected chi connectivity index (χ0v) is 18.4. The van der Waals surface area contributed by atoms with Gasteiger partial charge in [-0.1, -0.05) is 56.1 Å². The Kier molecular flexibility index (Phi) is 4.87. The Bertz CT molecular complexity index is 1470. The molecule has 1 fully saturated rings. The van der Waals surface area contributed by atoms with Crippen molar-refractivity contribution in [3.8, 4) is 0 Å². The van der Waals surface area contributed by atoms with Crippen molar-refractivity contribution < 1.29 is 4.79 Å². The maximum atomic E-state index is 12.2. The summed E-state index contributed by atoms with van der Waals surface area (Å²) in [4.78, 5) is 17.8. The molecule has 0 spiro atoms. The van der Waals surface area contributed by atoms with Gasteiger partial charge in [0.1, 0.15) is 5.82 Å². The van der Waals surface area contributed by atoms with Crippen molar-refractivity contribution in [2.45, 2.75) is 0 Å². The van der Waals surface area contributed by atoms with Gasteiger partial charge in [-0.15, -0.1) is 0 Å². The number of hydrogen-bond acceptors (Lipinski definition) is 3. The first kappa shape index (κ1) is 20.4. The van der Waals surface area contributed by atoms with Crippen LogP contribution >= 0.6 is 0 Å². The SMILES string of the molecule is C=C1NC(=C)/C(=C/c2ccc(N(C)C(=C)c3ccc4[nH]c5ccccc5c4c3)cc2)C(=O)N1. The van der Waals surface area contributed by atoms with E-state index in [0.717, 1.165) is 33.5 Å². The number of aromatic nitrogens is 1. The van der Waals surface area contributed by atoms with E-state index in [1.54, 1.807) is 6.08 Å². The number of rotatable bonds is 4. The number of para-hydroxylation sites is 1. The Hall–Kier alpha value is -4.51. The lowest BCUT2D eigenvalue weighted by Crippen LogP contribution is -2.39. The van der Waals surface area contributed by atoms with Crippen molar-refractivity contribution in [3.05, 3.63) is 115 Å². The number of amides is 1. The molecule has 1 aromatic heterocycles. The second-order valence-corrected chi connectivity index (χ2v) is 8.12. The molecule has 0 bridgehead atoms. The fourth-order valence-corrected chi connectivity index (χ4v) is 4.11. The highest BCUT2D eigenvalue weighted by Gasteiger charge is 2.20. The summed E-state index contributed by atoms with van der Waals surface area (Å²) in [5.41, 5.74) is 7.11. The summed E-state index contributed by atoms with van der Waals surface area (Å²) in [6, 6.07) is 22.6. The van der Waals surface area contributed by atoms with Crippen LogP contribution in [0.15, 0.2) is 104 Å². The molecule has 5 nitrogen and oxygen atoms in total. The van der Waals surface area contributed by atoms with Gasteiger partial charge in [0.05, 0.1) is 5.57 Å². The standard InChI is InChI=1S/C28H24N4O/c1-17-24(28(33)30-19(3)29-17)15-20-9-12-22(13-10-20)32(4)18(2)21-11-14-27-25(16-21)23-7-5-6-8-26(23)31-27/h5-16,29,31H,1-3H2,4H3,(H,30,33)/b24-15-. The van der Waals surface area contributed by atoms with E-state index in [-0.39, 0.29) is 5.91 Å². The first-order valence-corrected chi connectivity index (χ1v) is 10.6.